The van der Waals surface area contributed by atoms with Crippen LogP contribution in [0.25, 0.3) is 0 Å². The Morgan fingerprint density at radius 2 is 2.00 bits per heavy atom. The van der Waals surface area contributed by atoms with Crippen molar-refractivity contribution in [2.75, 3.05) is 18.4 Å². The van der Waals surface area contributed by atoms with Crippen LogP contribution in [0.15, 0.2) is 41.1 Å². The molecule has 2 aromatic rings. The van der Waals surface area contributed by atoms with Gasteiger partial charge in [-0.05, 0) is 46.6 Å². The summed E-state index contributed by atoms with van der Waals surface area (Å²) < 4.78 is 0.722. The van der Waals surface area contributed by atoms with E-state index in [-0.39, 0.29) is 5.91 Å². The Labute approximate surface area is 136 Å². The largest absolute Gasteiger partial charge is 0.354 e. The second kappa shape index (κ2) is 7.95. The zero-order chi connectivity index (χ0) is 15.1. The molecular formula is C14H14BrClN4O. The predicted molar refractivity (Wildman–Crippen MR) is 86.6 cm³/mol. The fourth-order valence-electron chi connectivity index (χ4n) is 1.65. The summed E-state index contributed by atoms with van der Waals surface area (Å²) in [5.74, 6) is 0.432. The molecule has 1 aromatic carbocycles. The maximum absolute atomic E-state index is 12.0. The van der Waals surface area contributed by atoms with Gasteiger partial charge in [-0.3, -0.25) is 4.79 Å². The van der Waals surface area contributed by atoms with Crippen molar-refractivity contribution in [1.82, 2.24) is 15.3 Å². The van der Waals surface area contributed by atoms with E-state index in [4.69, 9.17) is 11.6 Å². The first kappa shape index (κ1) is 15.7. The Bertz CT molecular complexity index is 609. The molecule has 2 rings (SSSR count). The van der Waals surface area contributed by atoms with Crippen LogP contribution in [0, 0.1) is 0 Å². The number of nitrogens with zero attached hydrogens (tertiary/aromatic N) is 2. The molecule has 0 spiro atoms. The van der Waals surface area contributed by atoms with Crippen LogP contribution in [-0.4, -0.2) is 29.0 Å². The van der Waals surface area contributed by atoms with Gasteiger partial charge in [0.1, 0.15) is 0 Å². The van der Waals surface area contributed by atoms with E-state index >= 15 is 0 Å². The van der Waals surface area contributed by atoms with E-state index in [1.165, 1.54) is 0 Å². The van der Waals surface area contributed by atoms with E-state index in [1.807, 2.05) is 0 Å². The van der Waals surface area contributed by atoms with Crippen molar-refractivity contribution in [3.8, 4) is 0 Å². The number of nitrogens with one attached hydrogen (secondary N) is 2. The lowest BCUT2D eigenvalue weighted by atomic mass is 10.2. The highest BCUT2D eigenvalue weighted by atomic mass is 79.9. The van der Waals surface area contributed by atoms with Crippen LogP contribution in [0.1, 0.15) is 16.8 Å². The lowest BCUT2D eigenvalue weighted by molar-refractivity contribution is 0.0953. The Kier molecular flexibility index (Phi) is 5.95. The molecule has 1 amide bonds. The van der Waals surface area contributed by atoms with Crippen molar-refractivity contribution in [2.45, 2.75) is 6.42 Å². The van der Waals surface area contributed by atoms with E-state index in [2.05, 4.69) is 36.5 Å². The summed E-state index contributed by atoms with van der Waals surface area (Å²) in [6, 6.07) is 6.88. The highest BCUT2D eigenvalue weighted by molar-refractivity contribution is 9.10. The maximum atomic E-state index is 12.0. The highest BCUT2D eigenvalue weighted by Crippen LogP contribution is 2.20. The smallest absolute Gasteiger partial charge is 0.252 e. The van der Waals surface area contributed by atoms with Gasteiger partial charge in [0.25, 0.3) is 5.91 Å². The normalized spacial score (nSPS) is 10.2. The summed E-state index contributed by atoms with van der Waals surface area (Å²) in [4.78, 5) is 20.1. The number of aromatic nitrogens is 2. The van der Waals surface area contributed by atoms with Crippen LogP contribution in [0.3, 0.4) is 0 Å². The minimum absolute atomic E-state index is 0.152. The number of carbonyl (C=O) groups is 1. The third-order valence-corrected chi connectivity index (χ3v) is 3.59. The van der Waals surface area contributed by atoms with Crippen molar-refractivity contribution in [3.63, 3.8) is 0 Å². The summed E-state index contributed by atoms with van der Waals surface area (Å²) in [6.45, 7) is 1.23. The summed E-state index contributed by atoms with van der Waals surface area (Å²) in [5.41, 5.74) is 0.529. The van der Waals surface area contributed by atoms with Crippen molar-refractivity contribution >= 4 is 39.4 Å². The number of anilines is 1. The van der Waals surface area contributed by atoms with Crippen LogP contribution >= 0.6 is 27.5 Å². The molecule has 2 N–H and O–H groups in total. The molecule has 1 aromatic heterocycles. The molecule has 110 valence electrons. The van der Waals surface area contributed by atoms with Crippen LogP contribution in [-0.2, 0) is 0 Å². The monoisotopic (exact) mass is 368 g/mol. The standard InChI is InChI=1S/C14H14BrClN4O/c15-12-4-3-10(16)9-11(12)13(21)17-5-1-6-18-14-19-7-2-8-20-14/h2-4,7-9H,1,5-6H2,(H,17,21)(H,18,19,20). The first-order valence-electron chi connectivity index (χ1n) is 6.41. The first-order valence-corrected chi connectivity index (χ1v) is 7.58. The van der Waals surface area contributed by atoms with Gasteiger partial charge in [0.05, 0.1) is 5.56 Å². The number of carbonyl (C=O) groups excluding carboxylic acids is 1. The molecule has 0 radical (unpaired) electrons. The average Bonchev–Trinajstić information content (AvgIpc) is 2.50. The number of hydrogen-bond acceptors (Lipinski definition) is 4. The number of halogens is 2. The zero-order valence-corrected chi connectivity index (χ0v) is 13.5. The summed E-state index contributed by atoms with van der Waals surface area (Å²) >= 11 is 9.22. The molecule has 0 aliphatic carbocycles. The molecule has 5 nitrogen and oxygen atoms in total. The van der Waals surface area contributed by atoms with Gasteiger partial charge in [0, 0.05) is 35.0 Å². The van der Waals surface area contributed by atoms with Crippen LogP contribution in [0.4, 0.5) is 5.95 Å². The van der Waals surface area contributed by atoms with Crippen LogP contribution in [0.5, 0.6) is 0 Å². The average molecular weight is 370 g/mol. The summed E-state index contributed by atoms with van der Waals surface area (Å²) in [5, 5.41) is 6.45. The molecule has 0 unspecified atom stereocenters. The molecule has 0 bridgehead atoms. The summed E-state index contributed by atoms with van der Waals surface area (Å²) in [6.07, 6.45) is 4.11. The molecule has 1 heterocycles. The van der Waals surface area contributed by atoms with Crippen LogP contribution in [0.2, 0.25) is 5.02 Å². The number of hydrogen-bond donors (Lipinski definition) is 2. The molecule has 7 heteroatoms. The van der Waals surface area contributed by atoms with Gasteiger partial charge >= 0.3 is 0 Å². The molecule has 0 atom stereocenters. The molecule has 0 saturated carbocycles. The van der Waals surface area contributed by atoms with E-state index in [9.17, 15) is 4.79 Å². The lowest BCUT2D eigenvalue weighted by Crippen LogP contribution is -2.26. The van der Waals surface area contributed by atoms with Gasteiger partial charge in [-0.25, -0.2) is 9.97 Å². The van der Waals surface area contributed by atoms with Gasteiger partial charge in [0.2, 0.25) is 5.95 Å². The quantitative estimate of drug-likeness (QED) is 0.768. The minimum Gasteiger partial charge on any atom is -0.354 e. The van der Waals surface area contributed by atoms with E-state index in [1.54, 1.807) is 36.7 Å². The van der Waals surface area contributed by atoms with Crippen LogP contribution < -0.4 is 10.6 Å². The second-order valence-corrected chi connectivity index (χ2v) is 5.52. The van der Waals surface area contributed by atoms with Gasteiger partial charge < -0.3 is 10.6 Å². The zero-order valence-electron chi connectivity index (χ0n) is 11.1. The maximum Gasteiger partial charge on any atom is 0.252 e. The van der Waals surface area contributed by atoms with Gasteiger partial charge in [0.15, 0.2) is 0 Å². The summed E-state index contributed by atoms with van der Waals surface area (Å²) in [7, 11) is 0. The Morgan fingerprint density at radius 3 is 2.76 bits per heavy atom. The van der Waals surface area contributed by atoms with E-state index in [0.29, 0.717) is 29.6 Å². The lowest BCUT2D eigenvalue weighted by Gasteiger charge is -2.08. The van der Waals surface area contributed by atoms with E-state index in [0.717, 1.165) is 10.9 Å². The molecule has 21 heavy (non-hydrogen) atoms. The SMILES string of the molecule is O=C(NCCCNc1ncccn1)c1cc(Cl)ccc1Br. The molecular weight excluding hydrogens is 356 g/mol. The Balaban J connectivity index is 1.73. The number of benzene rings is 1. The fraction of sp³-hybridized carbons (Fsp3) is 0.214. The van der Waals surface area contributed by atoms with Crippen molar-refractivity contribution in [2.24, 2.45) is 0 Å². The molecule has 0 saturated heterocycles. The third-order valence-electron chi connectivity index (χ3n) is 2.66. The van der Waals surface area contributed by atoms with Gasteiger partial charge in [-0.15, -0.1) is 0 Å². The Hall–Kier alpha value is -1.66. The minimum atomic E-state index is -0.152. The highest BCUT2D eigenvalue weighted by Gasteiger charge is 2.09. The molecule has 0 aliphatic rings. The van der Waals surface area contributed by atoms with E-state index < -0.39 is 0 Å². The number of amides is 1. The second-order valence-electron chi connectivity index (χ2n) is 4.23. The van der Waals surface area contributed by atoms with Crippen molar-refractivity contribution in [3.05, 3.63) is 51.7 Å². The van der Waals surface area contributed by atoms with Gasteiger partial charge in [-0.2, -0.15) is 0 Å². The topological polar surface area (TPSA) is 66.9 Å². The molecule has 0 aliphatic heterocycles. The fourth-order valence-corrected chi connectivity index (χ4v) is 2.25. The predicted octanol–water partition coefficient (Wildman–Crippen LogP) is 3.12. The molecule has 0 fully saturated rings. The number of rotatable bonds is 6. The van der Waals surface area contributed by atoms with Crippen molar-refractivity contribution in [1.29, 1.82) is 0 Å². The van der Waals surface area contributed by atoms with Gasteiger partial charge in [-0.1, -0.05) is 11.6 Å². The van der Waals surface area contributed by atoms with Crippen molar-refractivity contribution < 1.29 is 4.79 Å². The third kappa shape index (κ3) is 4.99. The Morgan fingerprint density at radius 1 is 1.24 bits per heavy atom. The first-order chi connectivity index (χ1) is 10.2.